The second kappa shape index (κ2) is 13.7. The summed E-state index contributed by atoms with van der Waals surface area (Å²) >= 11 is 4.18. The van der Waals surface area contributed by atoms with Crippen molar-refractivity contribution in [1.29, 1.82) is 0 Å². The highest BCUT2D eigenvalue weighted by Gasteiger charge is 2.40. The maximum absolute atomic E-state index is 12.4. The molecule has 9 heteroatoms. The Balaban J connectivity index is 1.64. The average Bonchev–Trinajstić information content (AvgIpc) is 3.53. The lowest BCUT2D eigenvalue weighted by atomic mass is 10.1. The average molecular weight is 497 g/mol. The number of carbonyl (C=O) groups is 2. The van der Waals surface area contributed by atoms with E-state index >= 15 is 0 Å². The van der Waals surface area contributed by atoms with E-state index in [2.05, 4.69) is 12.6 Å². The number of sulfone groups is 1. The number of allylic oxidation sites excluding steroid dienone is 4. The van der Waals surface area contributed by atoms with Crippen molar-refractivity contribution in [2.75, 3.05) is 25.6 Å². The van der Waals surface area contributed by atoms with Gasteiger partial charge in [-0.15, -0.1) is 12.6 Å². The zero-order valence-electron chi connectivity index (χ0n) is 19.1. The molecule has 0 saturated carbocycles. The highest BCUT2D eigenvalue weighted by molar-refractivity contribution is 7.91. The van der Waals surface area contributed by atoms with E-state index in [9.17, 15) is 18.0 Å². The van der Waals surface area contributed by atoms with E-state index in [-0.39, 0.29) is 54.1 Å². The molecule has 33 heavy (non-hydrogen) atoms. The molecule has 2 rings (SSSR count). The van der Waals surface area contributed by atoms with Crippen LogP contribution in [0.3, 0.4) is 0 Å². The van der Waals surface area contributed by atoms with Gasteiger partial charge in [-0.25, -0.2) is 8.42 Å². The quantitative estimate of drug-likeness (QED) is 0.122. The van der Waals surface area contributed by atoms with Gasteiger partial charge in [0.15, 0.2) is 21.4 Å². The van der Waals surface area contributed by atoms with E-state index in [1.165, 1.54) is 12.1 Å². The van der Waals surface area contributed by atoms with E-state index in [1.54, 1.807) is 24.3 Å². The molecule has 1 aliphatic rings. The van der Waals surface area contributed by atoms with Crippen molar-refractivity contribution in [3.63, 3.8) is 0 Å². The number of hydrogen-bond acceptors (Lipinski definition) is 8. The molecule has 2 atom stereocenters. The number of rotatable bonds is 16. The van der Waals surface area contributed by atoms with Crippen LogP contribution in [0.1, 0.15) is 39.5 Å². The minimum atomic E-state index is -3.49. The number of thiol groups is 1. The van der Waals surface area contributed by atoms with Crippen molar-refractivity contribution < 1.29 is 32.2 Å². The van der Waals surface area contributed by atoms with Crippen molar-refractivity contribution in [2.45, 2.75) is 56.6 Å². The number of unbranched alkanes of at least 4 members (excludes halogenated alkanes) is 1. The number of carbonyl (C=O) groups excluding carboxylic acids is 2. The van der Waals surface area contributed by atoms with E-state index in [1.807, 2.05) is 19.9 Å². The largest absolute Gasteiger partial charge is 0.494 e. The van der Waals surface area contributed by atoms with Crippen LogP contribution in [0.2, 0.25) is 0 Å². The van der Waals surface area contributed by atoms with Crippen LogP contribution in [-0.4, -0.2) is 57.8 Å². The molecular formula is C24H32O7S2. The van der Waals surface area contributed by atoms with Crippen LogP contribution in [0.25, 0.3) is 0 Å². The predicted octanol–water partition coefficient (Wildman–Crippen LogP) is 3.73. The third-order valence-corrected chi connectivity index (χ3v) is 7.09. The van der Waals surface area contributed by atoms with Gasteiger partial charge in [0.25, 0.3) is 0 Å². The molecule has 1 aromatic rings. The fraction of sp³-hybridized carbons (Fsp3) is 0.500. The Bertz CT molecular complexity index is 950. The zero-order valence-corrected chi connectivity index (χ0v) is 20.8. The molecule has 0 amide bonds. The molecule has 1 unspecified atom stereocenters. The fourth-order valence-electron chi connectivity index (χ4n) is 2.96. The molecule has 0 bridgehead atoms. The first-order valence-corrected chi connectivity index (χ1v) is 13.1. The van der Waals surface area contributed by atoms with Crippen LogP contribution < -0.4 is 4.74 Å². The van der Waals surface area contributed by atoms with E-state index in [0.29, 0.717) is 36.5 Å². The smallest absolute Gasteiger partial charge is 0.180 e. The molecule has 0 aliphatic carbocycles. The fourth-order valence-corrected chi connectivity index (χ4v) is 4.28. The maximum Gasteiger partial charge on any atom is 0.180 e. The summed E-state index contributed by atoms with van der Waals surface area (Å²) in [6.07, 6.45) is 6.93. The van der Waals surface area contributed by atoms with Crippen LogP contribution in [0.5, 0.6) is 5.75 Å². The first kappa shape index (κ1) is 27.3. The minimum Gasteiger partial charge on any atom is -0.494 e. The van der Waals surface area contributed by atoms with Gasteiger partial charge in [-0.05, 0) is 57.0 Å². The molecule has 0 N–H and O–H groups in total. The zero-order chi connectivity index (χ0) is 24.3. The number of hydrogen-bond donors (Lipinski definition) is 1. The van der Waals surface area contributed by atoms with Crippen LogP contribution in [-0.2, 0) is 28.9 Å². The molecule has 1 fully saturated rings. The van der Waals surface area contributed by atoms with Gasteiger partial charge in [0.2, 0.25) is 0 Å². The van der Waals surface area contributed by atoms with Crippen LogP contribution in [0.15, 0.2) is 52.3 Å². The van der Waals surface area contributed by atoms with Crippen molar-refractivity contribution in [1.82, 2.24) is 0 Å². The Morgan fingerprint density at radius 2 is 1.79 bits per heavy atom. The lowest BCUT2D eigenvalue weighted by molar-refractivity contribution is -0.121. The third-order valence-electron chi connectivity index (χ3n) is 5.00. The molecule has 0 aromatic heterocycles. The second-order valence-corrected chi connectivity index (χ2v) is 10.3. The molecule has 0 spiro atoms. The van der Waals surface area contributed by atoms with E-state index in [4.69, 9.17) is 14.2 Å². The summed E-state index contributed by atoms with van der Waals surface area (Å²) in [7, 11) is -3.49. The Morgan fingerprint density at radius 1 is 1.09 bits per heavy atom. The second-order valence-electron chi connectivity index (χ2n) is 7.69. The summed E-state index contributed by atoms with van der Waals surface area (Å²) < 4.78 is 40.9. The van der Waals surface area contributed by atoms with Gasteiger partial charge in [-0.2, -0.15) is 0 Å². The molecule has 7 nitrogen and oxygen atoms in total. The van der Waals surface area contributed by atoms with Gasteiger partial charge in [-0.3, -0.25) is 9.59 Å². The summed E-state index contributed by atoms with van der Waals surface area (Å²) in [6.45, 7) is 4.33. The van der Waals surface area contributed by atoms with E-state index in [0.717, 1.165) is 0 Å². The van der Waals surface area contributed by atoms with Crippen molar-refractivity contribution in [2.24, 2.45) is 0 Å². The number of ether oxygens (including phenoxy) is 3. The van der Waals surface area contributed by atoms with Gasteiger partial charge in [0.05, 0.1) is 36.6 Å². The highest BCUT2D eigenvalue weighted by Crippen LogP contribution is 2.23. The Hall–Kier alpha value is -1.94. The lowest BCUT2D eigenvalue weighted by Gasteiger charge is -2.08. The van der Waals surface area contributed by atoms with Crippen molar-refractivity contribution in [3.8, 4) is 5.75 Å². The van der Waals surface area contributed by atoms with Crippen molar-refractivity contribution >= 4 is 34.0 Å². The third kappa shape index (κ3) is 9.83. The molecule has 0 radical (unpaired) electrons. The summed E-state index contributed by atoms with van der Waals surface area (Å²) in [4.78, 5) is 24.2. The molecule has 1 saturated heterocycles. The molecule has 1 aliphatic heterocycles. The number of epoxide rings is 1. The van der Waals surface area contributed by atoms with Crippen LogP contribution in [0, 0.1) is 0 Å². The SMILES string of the molecule is C/C=C\C=C(/S)C(=O)CCCCOc1ccc(S(=O)(=O)CCOCCC(=O)C2O[C@H]2C)cc1. The molecule has 182 valence electrons. The van der Waals surface area contributed by atoms with Crippen LogP contribution >= 0.6 is 12.6 Å². The standard InChI is InChI=1S/C24H32O7S2/c1-3-4-8-23(32)21(25)7-5-6-14-30-19-9-11-20(12-10-19)33(27,28)17-16-29-15-13-22(26)24-18(2)31-24/h3-4,8-12,18,24,32H,5-7,13-17H2,1-2H3/b4-3-,23-8-/t18-,24?/m0/s1. The Kier molecular flexibility index (Phi) is 11.3. The monoisotopic (exact) mass is 496 g/mol. The summed E-state index contributed by atoms with van der Waals surface area (Å²) in [5.74, 6) is 0.379. The van der Waals surface area contributed by atoms with Gasteiger partial charge in [-0.1, -0.05) is 12.2 Å². The molecule has 1 aromatic carbocycles. The summed E-state index contributed by atoms with van der Waals surface area (Å²) in [5, 5.41) is 0. The number of benzene rings is 1. The normalized spacial score (nSPS) is 18.5. The Labute approximate surface area is 201 Å². The highest BCUT2D eigenvalue weighted by atomic mass is 32.2. The molecule has 1 heterocycles. The van der Waals surface area contributed by atoms with Crippen molar-refractivity contribution in [3.05, 3.63) is 47.4 Å². The Morgan fingerprint density at radius 3 is 2.42 bits per heavy atom. The first-order valence-electron chi connectivity index (χ1n) is 11.0. The topological polar surface area (TPSA) is 99.3 Å². The van der Waals surface area contributed by atoms with Gasteiger partial charge in [0, 0.05) is 17.7 Å². The predicted molar refractivity (Wildman–Crippen MR) is 130 cm³/mol. The van der Waals surface area contributed by atoms with E-state index < -0.39 is 9.84 Å². The maximum atomic E-state index is 12.4. The number of Topliss-reactive ketones (excluding diaryl/α,β-unsaturated/α-hetero) is 2. The van der Waals surface area contributed by atoms with Gasteiger partial charge in [0.1, 0.15) is 11.9 Å². The molecular weight excluding hydrogens is 464 g/mol. The van der Waals surface area contributed by atoms with Crippen LogP contribution in [0.4, 0.5) is 0 Å². The minimum absolute atomic E-state index is 0.00639. The summed E-state index contributed by atoms with van der Waals surface area (Å²) in [5.41, 5.74) is 0. The van der Waals surface area contributed by atoms with Gasteiger partial charge < -0.3 is 14.2 Å². The first-order chi connectivity index (χ1) is 15.7. The van der Waals surface area contributed by atoms with Gasteiger partial charge >= 0.3 is 0 Å². The lowest BCUT2D eigenvalue weighted by Crippen LogP contribution is -2.16. The summed E-state index contributed by atoms with van der Waals surface area (Å²) in [6, 6.07) is 6.23. The number of ketones is 2.